The van der Waals surface area contributed by atoms with Gasteiger partial charge in [-0.3, -0.25) is 5.32 Å². The van der Waals surface area contributed by atoms with Gasteiger partial charge in [-0.2, -0.15) is 0 Å². The second-order valence-electron chi connectivity index (χ2n) is 7.25. The number of benzene rings is 3. The number of aromatic hydroxyl groups is 2. The number of rotatable bonds is 1. The van der Waals surface area contributed by atoms with E-state index in [2.05, 4.69) is 0 Å². The highest BCUT2D eigenvalue weighted by Gasteiger charge is 2.58. The van der Waals surface area contributed by atoms with Crippen LogP contribution >= 0.6 is 58.0 Å². The van der Waals surface area contributed by atoms with Crippen LogP contribution in [0.15, 0.2) is 24.3 Å². The van der Waals surface area contributed by atoms with E-state index in [0.29, 0.717) is 0 Å². The molecule has 0 saturated heterocycles. The van der Waals surface area contributed by atoms with Crippen LogP contribution in [-0.2, 0) is 10.3 Å². The summed E-state index contributed by atoms with van der Waals surface area (Å²) in [6.45, 7) is 0. The van der Waals surface area contributed by atoms with E-state index >= 15 is 0 Å². The summed E-state index contributed by atoms with van der Waals surface area (Å²) < 4.78 is 11.7. The first kappa shape index (κ1) is 23.0. The summed E-state index contributed by atoms with van der Waals surface area (Å²) in [7, 11) is 0. The Kier molecular flexibility index (Phi) is 5.16. The van der Waals surface area contributed by atoms with Crippen LogP contribution in [0.1, 0.15) is 27.0 Å². The number of halogens is 5. The lowest BCUT2D eigenvalue weighted by Crippen LogP contribution is -2.33. The molecule has 8 nitrogen and oxygen atoms in total. The molecule has 1 spiro atoms. The lowest BCUT2D eigenvalue weighted by molar-refractivity contribution is 0.0225. The lowest BCUT2D eigenvalue weighted by atomic mass is 9.77. The van der Waals surface area contributed by atoms with Gasteiger partial charge in [-0.15, -0.1) is 0 Å². The van der Waals surface area contributed by atoms with Crippen molar-refractivity contribution in [1.29, 1.82) is 0 Å². The highest BCUT2D eigenvalue weighted by molar-refractivity contribution is 6.49. The molecule has 2 heterocycles. The number of fused-ring (bicyclic) bond motifs is 6. The fraction of sp³-hybridized carbons (Fsp3) is 0.0476. The highest BCUT2D eigenvalue weighted by atomic mass is 35.5. The average Bonchev–Trinajstić information content (AvgIpc) is 3.06. The molecule has 0 fully saturated rings. The molecule has 1 amide bonds. The zero-order chi connectivity index (χ0) is 24.7. The van der Waals surface area contributed by atoms with Crippen molar-refractivity contribution in [3.8, 4) is 23.0 Å². The Labute approximate surface area is 215 Å². The molecule has 1 atom stereocenters. The van der Waals surface area contributed by atoms with Gasteiger partial charge in [-0.1, -0.05) is 58.0 Å². The van der Waals surface area contributed by atoms with Crippen molar-refractivity contribution in [2.24, 2.45) is 0 Å². The Balaban J connectivity index is 1.97. The van der Waals surface area contributed by atoms with Gasteiger partial charge in [0.25, 0.3) is 0 Å². The number of carboxylic acid groups (broad SMARTS) is 1. The van der Waals surface area contributed by atoms with Crippen molar-refractivity contribution in [2.75, 3.05) is 5.32 Å². The molecule has 4 N–H and O–H groups in total. The van der Waals surface area contributed by atoms with Gasteiger partial charge in [-0.05, 0) is 12.1 Å². The van der Waals surface area contributed by atoms with Crippen molar-refractivity contribution < 1.29 is 34.4 Å². The monoisotopic (exact) mass is 561 g/mol. The van der Waals surface area contributed by atoms with E-state index in [-0.39, 0.29) is 70.3 Å². The maximum atomic E-state index is 13.2. The molecule has 3 aromatic carbocycles. The molecule has 3 aromatic rings. The molecule has 0 saturated carbocycles. The minimum absolute atomic E-state index is 0.00948. The van der Waals surface area contributed by atoms with Crippen LogP contribution in [0.4, 0.5) is 10.5 Å². The van der Waals surface area contributed by atoms with Crippen LogP contribution in [0.2, 0.25) is 25.1 Å². The van der Waals surface area contributed by atoms with Crippen LogP contribution in [0, 0.1) is 0 Å². The summed E-state index contributed by atoms with van der Waals surface area (Å²) in [6.07, 6.45) is -1.50. The highest BCUT2D eigenvalue weighted by Crippen LogP contribution is 2.63. The Morgan fingerprint density at radius 1 is 0.882 bits per heavy atom. The largest absolute Gasteiger partial charge is 0.508 e. The number of carbonyl (C=O) groups excluding carboxylic acids is 1. The molecule has 2 aliphatic rings. The predicted octanol–water partition coefficient (Wildman–Crippen LogP) is 7.02. The molecule has 34 heavy (non-hydrogen) atoms. The Morgan fingerprint density at radius 3 is 2.24 bits per heavy atom. The Morgan fingerprint density at radius 2 is 1.56 bits per heavy atom. The van der Waals surface area contributed by atoms with Gasteiger partial charge in [-0.25, -0.2) is 9.59 Å². The third kappa shape index (κ3) is 2.93. The van der Waals surface area contributed by atoms with Gasteiger partial charge in [0.2, 0.25) is 0 Å². The fourth-order valence-electron chi connectivity index (χ4n) is 4.14. The number of carbonyl (C=O) groups is 2. The van der Waals surface area contributed by atoms with E-state index in [9.17, 15) is 19.8 Å². The predicted molar refractivity (Wildman–Crippen MR) is 125 cm³/mol. The van der Waals surface area contributed by atoms with Gasteiger partial charge in [0.1, 0.15) is 28.0 Å². The number of esters is 1. The zero-order valence-electron chi connectivity index (χ0n) is 16.2. The van der Waals surface area contributed by atoms with Gasteiger partial charge in [0, 0.05) is 23.3 Å². The van der Waals surface area contributed by atoms with Crippen LogP contribution < -0.4 is 10.1 Å². The Bertz CT molecular complexity index is 1480. The van der Waals surface area contributed by atoms with Gasteiger partial charge in [0.15, 0.2) is 5.60 Å². The molecule has 13 heteroatoms. The normalized spacial score (nSPS) is 17.5. The number of ether oxygens (including phenoxy) is 2. The molecule has 5 rings (SSSR count). The summed E-state index contributed by atoms with van der Waals surface area (Å²) in [5.74, 6) is -1.57. The van der Waals surface area contributed by atoms with Crippen LogP contribution in [0.3, 0.4) is 0 Å². The molecule has 0 bridgehead atoms. The summed E-state index contributed by atoms with van der Waals surface area (Å²) in [6, 6.07) is 5.13. The molecular formula is C21H8Cl5NO7. The standard InChI is InChI=1S/C21H8Cl5NO7/c22-13-7(29)4-9-11(15(13)24)21(6-2-1-5(28)3-8(6)33-9)12-10(19(30)34-21)14(23)18(27-20(31)32)17(26)16(12)25/h1-4,27-29H,(H,31,32). The molecule has 0 aromatic heterocycles. The third-order valence-electron chi connectivity index (χ3n) is 5.42. The number of hydrogen-bond donors (Lipinski definition) is 4. The maximum absolute atomic E-state index is 13.2. The number of phenolic OH excluding ortho intramolecular Hbond substituents is 2. The first-order valence-electron chi connectivity index (χ1n) is 9.16. The van der Waals surface area contributed by atoms with Crippen molar-refractivity contribution >= 4 is 75.8 Å². The molecule has 2 aliphatic heterocycles. The SMILES string of the molecule is O=C(O)Nc1c(Cl)c(Cl)c2c(c1Cl)C(=O)OC21c2ccc(O)cc2Oc2cc(O)c(Cl)c(Cl)c21. The first-order valence-corrected chi connectivity index (χ1v) is 11.0. The van der Waals surface area contributed by atoms with Crippen molar-refractivity contribution in [3.63, 3.8) is 0 Å². The van der Waals surface area contributed by atoms with E-state index in [4.69, 9.17) is 72.6 Å². The lowest BCUT2D eigenvalue weighted by Gasteiger charge is -2.37. The molecular weight excluding hydrogens is 555 g/mol. The molecule has 0 aliphatic carbocycles. The average molecular weight is 564 g/mol. The quantitative estimate of drug-likeness (QED) is 0.185. The van der Waals surface area contributed by atoms with E-state index in [0.717, 1.165) is 6.07 Å². The smallest absolute Gasteiger partial charge is 0.409 e. The van der Waals surface area contributed by atoms with Crippen LogP contribution in [-0.4, -0.2) is 27.4 Å². The molecule has 174 valence electrons. The first-order chi connectivity index (χ1) is 16.0. The van der Waals surface area contributed by atoms with E-state index in [1.807, 2.05) is 5.32 Å². The third-order valence-corrected chi connectivity index (χ3v) is 7.51. The number of anilines is 1. The number of amides is 1. The molecule has 1 unspecified atom stereocenters. The zero-order valence-corrected chi connectivity index (χ0v) is 20.0. The van der Waals surface area contributed by atoms with Gasteiger partial charge >= 0.3 is 12.1 Å². The number of hydrogen-bond acceptors (Lipinski definition) is 6. The summed E-state index contributed by atoms with van der Waals surface area (Å²) in [4.78, 5) is 24.5. The molecule has 0 radical (unpaired) electrons. The summed E-state index contributed by atoms with van der Waals surface area (Å²) in [5.41, 5.74) is -2.38. The van der Waals surface area contributed by atoms with Crippen molar-refractivity contribution in [3.05, 3.63) is 71.6 Å². The van der Waals surface area contributed by atoms with Crippen LogP contribution in [0.5, 0.6) is 23.0 Å². The van der Waals surface area contributed by atoms with E-state index in [1.54, 1.807) is 0 Å². The van der Waals surface area contributed by atoms with E-state index < -0.39 is 23.4 Å². The van der Waals surface area contributed by atoms with E-state index in [1.165, 1.54) is 18.2 Å². The van der Waals surface area contributed by atoms with Crippen LogP contribution in [0.25, 0.3) is 0 Å². The van der Waals surface area contributed by atoms with Crippen molar-refractivity contribution in [2.45, 2.75) is 5.60 Å². The minimum atomic E-state index is -1.93. The number of phenols is 2. The summed E-state index contributed by atoms with van der Waals surface area (Å²) in [5, 5.41) is 30.0. The van der Waals surface area contributed by atoms with Gasteiger partial charge in [0.05, 0.1) is 36.9 Å². The topological polar surface area (TPSA) is 125 Å². The number of nitrogens with one attached hydrogen (secondary N) is 1. The summed E-state index contributed by atoms with van der Waals surface area (Å²) >= 11 is 32.1. The second-order valence-corrected chi connectivity index (χ2v) is 9.14. The van der Waals surface area contributed by atoms with Gasteiger partial charge < -0.3 is 24.8 Å². The maximum Gasteiger partial charge on any atom is 0.409 e. The Hall–Kier alpha value is -2.75. The van der Waals surface area contributed by atoms with Crippen molar-refractivity contribution in [1.82, 2.24) is 0 Å². The second kappa shape index (κ2) is 7.63. The minimum Gasteiger partial charge on any atom is -0.508 e. The fourth-order valence-corrected chi connectivity index (χ4v) is 5.54.